The van der Waals surface area contributed by atoms with Crippen molar-refractivity contribution in [2.45, 2.75) is 65.1 Å². The number of carbonyl (C=O) groups is 1. The molecule has 1 amide bonds. The van der Waals surface area contributed by atoms with Crippen LogP contribution in [-0.2, 0) is 27.8 Å². The zero-order valence-electron chi connectivity index (χ0n) is 21.2. The Labute approximate surface area is 211 Å². The summed E-state index contributed by atoms with van der Waals surface area (Å²) in [6.07, 6.45) is 0.932. The van der Waals surface area contributed by atoms with Crippen molar-refractivity contribution in [3.8, 4) is 0 Å². The summed E-state index contributed by atoms with van der Waals surface area (Å²) in [6, 6.07) is 17.3. The van der Waals surface area contributed by atoms with Crippen LogP contribution in [0.25, 0.3) is 0 Å². The van der Waals surface area contributed by atoms with E-state index in [4.69, 9.17) is 0 Å². The molecular formula is C27H41N3O4S. The normalized spacial score (nSPS) is 13.5. The van der Waals surface area contributed by atoms with Crippen molar-refractivity contribution in [1.29, 1.82) is 0 Å². The number of aryl methyl sites for hydroxylation is 1. The van der Waals surface area contributed by atoms with Crippen LogP contribution in [-0.4, -0.2) is 61.3 Å². The summed E-state index contributed by atoms with van der Waals surface area (Å²) in [5, 5.41) is 17.0. The predicted octanol–water partition coefficient (Wildman–Crippen LogP) is 3.01. The summed E-state index contributed by atoms with van der Waals surface area (Å²) < 4.78 is 26.9. The van der Waals surface area contributed by atoms with E-state index in [9.17, 15) is 18.3 Å². The van der Waals surface area contributed by atoms with Crippen LogP contribution >= 0.6 is 0 Å². The van der Waals surface area contributed by atoms with Gasteiger partial charge in [-0.05, 0) is 37.3 Å². The topological polar surface area (TPSA) is 98.7 Å². The van der Waals surface area contributed by atoms with E-state index in [-0.39, 0.29) is 18.1 Å². The van der Waals surface area contributed by atoms with E-state index in [1.807, 2.05) is 75.4 Å². The molecule has 0 aliphatic heterocycles. The molecule has 0 heterocycles. The molecule has 2 aromatic carbocycles. The Balaban J connectivity index is 2.00. The number of aliphatic hydroxyl groups excluding tert-OH is 1. The summed E-state index contributed by atoms with van der Waals surface area (Å²) in [4.78, 5) is 12.8. The third-order valence-electron chi connectivity index (χ3n) is 5.84. The Hall–Kier alpha value is -2.26. The number of aliphatic hydroxyl groups is 1. The number of sulfonamides is 1. The van der Waals surface area contributed by atoms with Crippen LogP contribution in [0.5, 0.6) is 0 Å². The Bertz CT molecular complexity index is 975. The molecule has 2 aromatic rings. The lowest BCUT2D eigenvalue weighted by Crippen LogP contribution is -2.49. The van der Waals surface area contributed by atoms with Gasteiger partial charge < -0.3 is 15.7 Å². The highest BCUT2D eigenvalue weighted by atomic mass is 32.2. The fourth-order valence-corrected chi connectivity index (χ4v) is 5.51. The molecule has 2 rings (SSSR count). The van der Waals surface area contributed by atoms with E-state index in [0.29, 0.717) is 32.6 Å². The lowest BCUT2D eigenvalue weighted by Gasteiger charge is -2.25. The number of amides is 1. The van der Waals surface area contributed by atoms with Crippen LogP contribution < -0.4 is 10.6 Å². The molecule has 8 heteroatoms. The van der Waals surface area contributed by atoms with Gasteiger partial charge in [0.2, 0.25) is 15.9 Å². The Kier molecular flexibility index (Phi) is 12.4. The van der Waals surface area contributed by atoms with Crippen LogP contribution in [0.4, 0.5) is 0 Å². The Morgan fingerprint density at radius 1 is 0.971 bits per heavy atom. The summed E-state index contributed by atoms with van der Waals surface area (Å²) >= 11 is 0. The van der Waals surface area contributed by atoms with Gasteiger partial charge in [0.15, 0.2) is 0 Å². The van der Waals surface area contributed by atoms with E-state index in [2.05, 4.69) is 10.6 Å². The monoisotopic (exact) mass is 503 g/mol. The zero-order valence-corrected chi connectivity index (χ0v) is 22.1. The second-order valence-electron chi connectivity index (χ2n) is 9.01. The third-order valence-corrected chi connectivity index (χ3v) is 7.71. The maximum Gasteiger partial charge on any atom is 0.221 e. The molecule has 35 heavy (non-hydrogen) atoms. The SMILES string of the molecule is CCCN(CCC)S(=O)(=O)CCC(=O)N[C@@H](Cc1ccc(C)cc1)[C@@H](O)CNCc1ccccc1. The highest BCUT2D eigenvalue weighted by molar-refractivity contribution is 7.89. The van der Waals surface area contributed by atoms with E-state index >= 15 is 0 Å². The first-order valence-electron chi connectivity index (χ1n) is 12.5. The molecule has 3 N–H and O–H groups in total. The molecule has 0 saturated carbocycles. The van der Waals surface area contributed by atoms with Crippen molar-refractivity contribution in [2.24, 2.45) is 0 Å². The number of benzene rings is 2. The molecule has 0 aliphatic carbocycles. The molecule has 194 valence electrons. The lowest BCUT2D eigenvalue weighted by molar-refractivity contribution is -0.122. The van der Waals surface area contributed by atoms with Crippen LogP contribution in [0, 0.1) is 6.92 Å². The van der Waals surface area contributed by atoms with Gasteiger partial charge in [-0.25, -0.2) is 12.7 Å². The average molecular weight is 504 g/mol. The minimum Gasteiger partial charge on any atom is -0.390 e. The van der Waals surface area contributed by atoms with Crippen molar-refractivity contribution < 1.29 is 18.3 Å². The minimum atomic E-state index is -3.51. The molecule has 0 unspecified atom stereocenters. The first-order valence-corrected chi connectivity index (χ1v) is 14.1. The molecule has 0 radical (unpaired) electrons. The van der Waals surface area contributed by atoms with Gasteiger partial charge in [-0.3, -0.25) is 4.79 Å². The van der Waals surface area contributed by atoms with Crippen molar-refractivity contribution in [3.05, 3.63) is 71.3 Å². The van der Waals surface area contributed by atoms with Gasteiger partial charge in [0.05, 0.1) is 17.9 Å². The molecular weight excluding hydrogens is 462 g/mol. The molecule has 0 aromatic heterocycles. The van der Waals surface area contributed by atoms with Crippen molar-refractivity contribution in [3.63, 3.8) is 0 Å². The summed E-state index contributed by atoms with van der Waals surface area (Å²) in [6.45, 7) is 7.70. The predicted molar refractivity (Wildman–Crippen MR) is 142 cm³/mol. The van der Waals surface area contributed by atoms with Crippen LogP contribution in [0.1, 0.15) is 49.8 Å². The average Bonchev–Trinajstić information content (AvgIpc) is 2.84. The number of rotatable bonds is 16. The van der Waals surface area contributed by atoms with E-state index < -0.39 is 22.2 Å². The molecule has 0 saturated heterocycles. The highest BCUT2D eigenvalue weighted by Crippen LogP contribution is 2.11. The van der Waals surface area contributed by atoms with E-state index in [1.54, 1.807) is 0 Å². The molecule has 0 fully saturated rings. The van der Waals surface area contributed by atoms with Gasteiger partial charge in [0.25, 0.3) is 0 Å². The molecule has 0 aliphatic rings. The van der Waals surface area contributed by atoms with E-state index in [1.165, 1.54) is 4.31 Å². The van der Waals surface area contributed by atoms with Gasteiger partial charge in [-0.1, -0.05) is 74.0 Å². The van der Waals surface area contributed by atoms with E-state index in [0.717, 1.165) is 29.5 Å². The zero-order chi connectivity index (χ0) is 25.7. The second-order valence-corrected chi connectivity index (χ2v) is 11.1. The van der Waals surface area contributed by atoms with Gasteiger partial charge in [-0.2, -0.15) is 0 Å². The number of nitrogens with zero attached hydrogens (tertiary/aromatic N) is 1. The smallest absolute Gasteiger partial charge is 0.221 e. The number of nitrogens with one attached hydrogen (secondary N) is 2. The fraction of sp³-hybridized carbons (Fsp3) is 0.519. The highest BCUT2D eigenvalue weighted by Gasteiger charge is 2.25. The summed E-state index contributed by atoms with van der Waals surface area (Å²) in [5.74, 6) is -0.612. The van der Waals surface area contributed by atoms with Gasteiger partial charge in [0, 0.05) is 32.6 Å². The van der Waals surface area contributed by atoms with Gasteiger partial charge in [-0.15, -0.1) is 0 Å². The van der Waals surface area contributed by atoms with Crippen molar-refractivity contribution in [1.82, 2.24) is 14.9 Å². The molecule has 0 bridgehead atoms. The quantitative estimate of drug-likeness (QED) is 0.327. The lowest BCUT2D eigenvalue weighted by atomic mass is 10.00. The summed E-state index contributed by atoms with van der Waals surface area (Å²) in [7, 11) is -3.51. The minimum absolute atomic E-state index is 0.138. The Morgan fingerprint density at radius 2 is 1.60 bits per heavy atom. The van der Waals surface area contributed by atoms with Crippen LogP contribution in [0.3, 0.4) is 0 Å². The molecule has 0 spiro atoms. The standard InChI is InChI=1S/C27H41N3O4S/c1-4-16-30(17-5-2)35(33,34)18-15-27(32)29-25(19-23-13-11-22(3)12-14-23)26(31)21-28-20-24-9-7-6-8-10-24/h6-14,25-26,28,31H,4-5,15-21H2,1-3H3,(H,29,32)/t25-,26-/m0/s1. The fourth-order valence-electron chi connectivity index (χ4n) is 3.88. The first-order chi connectivity index (χ1) is 16.7. The van der Waals surface area contributed by atoms with Crippen molar-refractivity contribution in [2.75, 3.05) is 25.4 Å². The molecule has 7 nitrogen and oxygen atoms in total. The van der Waals surface area contributed by atoms with Crippen molar-refractivity contribution >= 4 is 15.9 Å². The number of hydrogen-bond acceptors (Lipinski definition) is 5. The maximum atomic E-state index is 12.8. The van der Waals surface area contributed by atoms with Gasteiger partial charge in [0.1, 0.15) is 0 Å². The van der Waals surface area contributed by atoms with Gasteiger partial charge >= 0.3 is 0 Å². The second kappa shape index (κ2) is 15.0. The number of hydrogen-bond donors (Lipinski definition) is 3. The third kappa shape index (κ3) is 10.5. The number of carbonyl (C=O) groups excluding carboxylic acids is 1. The first kappa shape index (κ1) is 29.0. The van der Waals surface area contributed by atoms with Crippen LogP contribution in [0.15, 0.2) is 54.6 Å². The Morgan fingerprint density at radius 3 is 2.20 bits per heavy atom. The largest absolute Gasteiger partial charge is 0.390 e. The summed E-state index contributed by atoms with van der Waals surface area (Å²) in [5.41, 5.74) is 3.23. The maximum absolute atomic E-state index is 12.8. The van der Waals surface area contributed by atoms with Crippen LogP contribution in [0.2, 0.25) is 0 Å². The molecule has 2 atom stereocenters.